The van der Waals surface area contributed by atoms with Crippen LogP contribution in [-0.2, 0) is 0 Å². The topological polar surface area (TPSA) is 45.2 Å². The highest BCUT2D eigenvalue weighted by atomic mass is 35.5. The molecule has 150 valence electrons. The summed E-state index contributed by atoms with van der Waals surface area (Å²) >= 11 is 7.54. The van der Waals surface area contributed by atoms with Crippen LogP contribution in [0.15, 0.2) is 24.3 Å². The number of carbonyl (C=O) groups is 1. The summed E-state index contributed by atoms with van der Waals surface area (Å²) in [5.74, 6) is 0.844. The van der Waals surface area contributed by atoms with Gasteiger partial charge < -0.3 is 10.2 Å². The standard InChI is InChI=1S/C19H24ClN3OS.2ClH/c1-13-17(25-18(22-13)15-4-3-5-16(20)12-15)19(24)23-10-7-14(8-11-23)6-9-21-2;;/h3-5,12,14,21H,6-11H2,1-2H3;2*1H. The Labute approximate surface area is 182 Å². The number of aromatic nitrogens is 1. The van der Waals surface area contributed by atoms with E-state index in [1.165, 1.54) is 17.8 Å². The van der Waals surface area contributed by atoms with Gasteiger partial charge in [-0.15, -0.1) is 36.2 Å². The molecule has 1 fully saturated rings. The van der Waals surface area contributed by atoms with E-state index in [0.717, 1.165) is 59.5 Å². The highest BCUT2D eigenvalue weighted by Crippen LogP contribution is 2.31. The molecule has 0 saturated carbocycles. The highest BCUT2D eigenvalue weighted by molar-refractivity contribution is 7.17. The molecule has 1 N–H and O–H groups in total. The number of likely N-dealkylation sites (tertiary alicyclic amines) is 1. The number of aryl methyl sites for hydroxylation is 1. The number of piperidine rings is 1. The average Bonchev–Trinajstić information content (AvgIpc) is 3.01. The second-order valence-corrected chi connectivity index (χ2v) is 8.01. The first kappa shape index (κ1) is 24.2. The maximum Gasteiger partial charge on any atom is 0.265 e. The minimum absolute atomic E-state index is 0. The van der Waals surface area contributed by atoms with Crippen molar-refractivity contribution in [2.75, 3.05) is 26.7 Å². The van der Waals surface area contributed by atoms with Gasteiger partial charge in [0.05, 0.1) is 5.69 Å². The molecule has 1 aromatic heterocycles. The van der Waals surface area contributed by atoms with Crippen molar-refractivity contribution >= 4 is 53.7 Å². The number of amides is 1. The third-order valence-electron chi connectivity index (χ3n) is 4.77. The molecule has 3 rings (SSSR count). The maximum atomic E-state index is 12.9. The Morgan fingerprint density at radius 3 is 2.67 bits per heavy atom. The molecule has 0 spiro atoms. The number of nitrogens with one attached hydrogen (secondary N) is 1. The molecular weight excluding hydrogens is 425 g/mol. The van der Waals surface area contributed by atoms with Gasteiger partial charge in [0, 0.05) is 23.7 Å². The second-order valence-electron chi connectivity index (χ2n) is 6.57. The molecule has 1 aliphatic rings. The number of nitrogens with zero attached hydrogens (tertiary/aromatic N) is 2. The summed E-state index contributed by atoms with van der Waals surface area (Å²) < 4.78 is 0. The lowest BCUT2D eigenvalue weighted by Crippen LogP contribution is -2.38. The fourth-order valence-electron chi connectivity index (χ4n) is 3.26. The van der Waals surface area contributed by atoms with Crippen molar-refractivity contribution in [1.82, 2.24) is 15.2 Å². The molecule has 0 atom stereocenters. The lowest BCUT2D eigenvalue weighted by atomic mass is 9.93. The first-order chi connectivity index (χ1) is 12.1. The molecule has 1 saturated heterocycles. The van der Waals surface area contributed by atoms with Gasteiger partial charge in [0.2, 0.25) is 0 Å². The fourth-order valence-corrected chi connectivity index (χ4v) is 4.48. The molecular formula is C19H26Cl3N3OS. The van der Waals surface area contributed by atoms with Crippen LogP contribution < -0.4 is 5.32 Å². The van der Waals surface area contributed by atoms with Crippen molar-refractivity contribution in [3.8, 4) is 10.6 Å². The van der Waals surface area contributed by atoms with Crippen LogP contribution in [0.2, 0.25) is 5.02 Å². The van der Waals surface area contributed by atoms with Crippen LogP contribution in [0.1, 0.15) is 34.6 Å². The van der Waals surface area contributed by atoms with Crippen LogP contribution in [0.4, 0.5) is 0 Å². The molecule has 0 aliphatic carbocycles. The van der Waals surface area contributed by atoms with E-state index < -0.39 is 0 Å². The van der Waals surface area contributed by atoms with E-state index in [4.69, 9.17) is 11.6 Å². The Morgan fingerprint density at radius 1 is 1.33 bits per heavy atom. The fraction of sp³-hybridized carbons (Fsp3) is 0.474. The predicted octanol–water partition coefficient (Wildman–Crippen LogP) is 5.08. The summed E-state index contributed by atoms with van der Waals surface area (Å²) in [5.41, 5.74) is 1.77. The molecule has 8 heteroatoms. The number of hydrogen-bond donors (Lipinski definition) is 1. The average molecular weight is 451 g/mol. The third kappa shape index (κ3) is 6.06. The maximum absolute atomic E-state index is 12.9. The molecule has 2 heterocycles. The largest absolute Gasteiger partial charge is 0.338 e. The minimum Gasteiger partial charge on any atom is -0.338 e. The van der Waals surface area contributed by atoms with Gasteiger partial charge in [-0.05, 0) is 57.8 Å². The summed E-state index contributed by atoms with van der Waals surface area (Å²) in [4.78, 5) is 20.2. The van der Waals surface area contributed by atoms with Gasteiger partial charge in [-0.25, -0.2) is 4.98 Å². The van der Waals surface area contributed by atoms with Gasteiger partial charge in [-0.3, -0.25) is 4.79 Å². The molecule has 0 bridgehead atoms. The van der Waals surface area contributed by atoms with Gasteiger partial charge in [0.25, 0.3) is 5.91 Å². The summed E-state index contributed by atoms with van der Waals surface area (Å²) in [5, 5.41) is 4.74. The van der Waals surface area contributed by atoms with Gasteiger partial charge >= 0.3 is 0 Å². The molecule has 0 radical (unpaired) electrons. The Balaban J connectivity index is 0.00000182. The zero-order chi connectivity index (χ0) is 17.8. The second kappa shape index (κ2) is 11.2. The monoisotopic (exact) mass is 449 g/mol. The van der Waals surface area contributed by atoms with Crippen LogP contribution >= 0.6 is 47.8 Å². The summed E-state index contributed by atoms with van der Waals surface area (Å²) in [6, 6.07) is 7.62. The van der Waals surface area contributed by atoms with Crippen LogP contribution in [0.3, 0.4) is 0 Å². The SMILES string of the molecule is CNCCC1CCN(C(=O)c2sc(-c3cccc(Cl)c3)nc2C)CC1.Cl.Cl. The van der Waals surface area contributed by atoms with Crippen molar-refractivity contribution in [3.63, 3.8) is 0 Å². The quantitative estimate of drug-likeness (QED) is 0.691. The number of carbonyl (C=O) groups excluding carboxylic acids is 1. The number of thiazole rings is 1. The first-order valence-electron chi connectivity index (χ1n) is 8.75. The zero-order valence-corrected chi connectivity index (χ0v) is 18.7. The number of benzene rings is 1. The van der Waals surface area contributed by atoms with Gasteiger partial charge in [-0.2, -0.15) is 0 Å². The molecule has 1 aliphatic heterocycles. The minimum atomic E-state index is 0. The van der Waals surface area contributed by atoms with E-state index in [1.54, 1.807) is 0 Å². The molecule has 2 aromatic rings. The molecule has 1 aromatic carbocycles. The number of hydrogen-bond acceptors (Lipinski definition) is 4. The van der Waals surface area contributed by atoms with Crippen molar-refractivity contribution in [3.05, 3.63) is 39.9 Å². The molecule has 1 amide bonds. The Hall–Kier alpha value is -0.850. The molecule has 27 heavy (non-hydrogen) atoms. The van der Waals surface area contributed by atoms with Gasteiger partial charge in [0.15, 0.2) is 0 Å². The van der Waals surface area contributed by atoms with Gasteiger partial charge in [-0.1, -0.05) is 23.7 Å². The smallest absolute Gasteiger partial charge is 0.265 e. The Kier molecular flexibility index (Phi) is 10.1. The molecule has 0 unspecified atom stereocenters. The van der Waals surface area contributed by atoms with Crippen molar-refractivity contribution in [2.45, 2.75) is 26.2 Å². The van der Waals surface area contributed by atoms with Crippen LogP contribution in [0.25, 0.3) is 10.6 Å². The third-order valence-corrected chi connectivity index (χ3v) is 6.20. The van der Waals surface area contributed by atoms with E-state index in [9.17, 15) is 4.79 Å². The van der Waals surface area contributed by atoms with E-state index in [-0.39, 0.29) is 30.7 Å². The first-order valence-corrected chi connectivity index (χ1v) is 9.95. The number of rotatable bonds is 5. The lowest BCUT2D eigenvalue weighted by Gasteiger charge is -2.31. The number of halogens is 3. The van der Waals surface area contributed by atoms with E-state index in [2.05, 4.69) is 10.3 Å². The lowest BCUT2D eigenvalue weighted by molar-refractivity contribution is 0.0691. The van der Waals surface area contributed by atoms with E-state index in [1.807, 2.05) is 43.1 Å². The van der Waals surface area contributed by atoms with Crippen LogP contribution in [-0.4, -0.2) is 42.5 Å². The Morgan fingerprint density at radius 2 is 2.04 bits per heavy atom. The molecule has 4 nitrogen and oxygen atoms in total. The van der Waals surface area contributed by atoms with Crippen molar-refractivity contribution in [2.24, 2.45) is 5.92 Å². The summed E-state index contributed by atoms with van der Waals surface area (Å²) in [7, 11) is 1.99. The zero-order valence-electron chi connectivity index (χ0n) is 15.5. The predicted molar refractivity (Wildman–Crippen MR) is 119 cm³/mol. The highest BCUT2D eigenvalue weighted by Gasteiger charge is 2.26. The van der Waals surface area contributed by atoms with Crippen LogP contribution in [0.5, 0.6) is 0 Å². The van der Waals surface area contributed by atoms with Crippen LogP contribution in [0, 0.1) is 12.8 Å². The van der Waals surface area contributed by atoms with Gasteiger partial charge in [0.1, 0.15) is 9.88 Å². The van der Waals surface area contributed by atoms with E-state index in [0.29, 0.717) is 5.02 Å². The summed E-state index contributed by atoms with van der Waals surface area (Å²) in [6.07, 6.45) is 3.37. The normalized spacial score (nSPS) is 14.4. The Bertz CT molecular complexity index is 746. The van der Waals surface area contributed by atoms with Crippen molar-refractivity contribution in [1.29, 1.82) is 0 Å². The van der Waals surface area contributed by atoms with Crippen molar-refractivity contribution < 1.29 is 4.79 Å². The summed E-state index contributed by atoms with van der Waals surface area (Å²) in [6.45, 7) is 4.65. The van der Waals surface area contributed by atoms with E-state index >= 15 is 0 Å².